The van der Waals surface area contributed by atoms with Crippen LogP contribution in [0.25, 0.3) is 0 Å². The molecule has 8 nitrogen and oxygen atoms in total. The van der Waals surface area contributed by atoms with Gasteiger partial charge in [0.05, 0.1) is 18.6 Å². The highest BCUT2D eigenvalue weighted by Crippen LogP contribution is 2.26. The zero-order valence-corrected chi connectivity index (χ0v) is 20.0. The standard InChI is InChI=1S/C26H27NO7S/c1-35(30,31)34-22-14-12-21(13-15-22)25(26(29)33-18-20-10-6-3-7-11-20)23(27)16-24(28)32-17-19-8-4-2-5-9-19/h2-15,23,25H,16-18,27H2,1H3. The monoisotopic (exact) mass is 497 g/mol. The van der Waals surface area contributed by atoms with E-state index in [1.54, 1.807) is 0 Å². The fourth-order valence-electron chi connectivity index (χ4n) is 3.39. The van der Waals surface area contributed by atoms with Crippen LogP contribution in [0.15, 0.2) is 84.9 Å². The minimum absolute atomic E-state index is 0.0383. The third-order valence-corrected chi connectivity index (χ3v) is 5.53. The topological polar surface area (TPSA) is 122 Å². The maximum absolute atomic E-state index is 13.1. The molecule has 0 amide bonds. The number of carbonyl (C=O) groups is 2. The lowest BCUT2D eigenvalue weighted by Gasteiger charge is -2.23. The van der Waals surface area contributed by atoms with Gasteiger partial charge < -0.3 is 19.4 Å². The van der Waals surface area contributed by atoms with E-state index in [1.807, 2.05) is 60.7 Å². The first-order valence-electron chi connectivity index (χ1n) is 10.9. The summed E-state index contributed by atoms with van der Waals surface area (Å²) in [6.45, 7) is 0.129. The lowest BCUT2D eigenvalue weighted by molar-refractivity contribution is -0.149. The summed E-state index contributed by atoms with van der Waals surface area (Å²) in [5.41, 5.74) is 8.38. The quantitative estimate of drug-likeness (QED) is 0.316. The van der Waals surface area contributed by atoms with Gasteiger partial charge in [-0.2, -0.15) is 8.42 Å². The molecule has 9 heteroatoms. The fourth-order valence-corrected chi connectivity index (χ4v) is 3.85. The summed E-state index contributed by atoms with van der Waals surface area (Å²) in [5.74, 6) is -2.08. The van der Waals surface area contributed by atoms with E-state index in [4.69, 9.17) is 19.4 Å². The molecule has 0 aliphatic heterocycles. The number of hydrogen-bond acceptors (Lipinski definition) is 8. The zero-order valence-electron chi connectivity index (χ0n) is 19.2. The van der Waals surface area contributed by atoms with Gasteiger partial charge in [-0.25, -0.2) is 0 Å². The maximum atomic E-state index is 13.1. The Bertz CT molecular complexity index is 1210. The van der Waals surface area contributed by atoms with Crippen LogP contribution in [-0.2, 0) is 42.4 Å². The minimum atomic E-state index is -3.70. The highest BCUT2D eigenvalue weighted by molar-refractivity contribution is 7.86. The van der Waals surface area contributed by atoms with Crippen LogP contribution < -0.4 is 9.92 Å². The van der Waals surface area contributed by atoms with Gasteiger partial charge in [0, 0.05) is 6.04 Å². The van der Waals surface area contributed by atoms with Gasteiger partial charge in [-0.3, -0.25) is 9.59 Å². The molecule has 2 N–H and O–H groups in total. The molecule has 0 spiro atoms. The summed E-state index contributed by atoms with van der Waals surface area (Å²) in [5, 5.41) is 0. The molecule has 3 rings (SSSR count). The second-order valence-electron chi connectivity index (χ2n) is 7.94. The number of carbonyl (C=O) groups excluding carboxylic acids is 2. The summed E-state index contributed by atoms with van der Waals surface area (Å²) in [6, 6.07) is 23.3. The molecule has 0 saturated carbocycles. The fraction of sp³-hybridized carbons (Fsp3) is 0.231. The Morgan fingerprint density at radius 2 is 1.31 bits per heavy atom. The van der Waals surface area contributed by atoms with Gasteiger partial charge in [0.25, 0.3) is 0 Å². The number of benzene rings is 3. The largest absolute Gasteiger partial charge is 0.461 e. The van der Waals surface area contributed by atoms with Crippen LogP contribution in [0.3, 0.4) is 0 Å². The van der Waals surface area contributed by atoms with Crippen molar-refractivity contribution in [2.75, 3.05) is 6.26 Å². The third kappa shape index (κ3) is 8.55. The molecule has 0 aromatic heterocycles. The molecular weight excluding hydrogens is 470 g/mol. The van der Waals surface area contributed by atoms with E-state index < -0.39 is 34.0 Å². The van der Waals surface area contributed by atoms with E-state index in [-0.39, 0.29) is 25.4 Å². The van der Waals surface area contributed by atoms with Gasteiger partial charge in [-0.1, -0.05) is 72.8 Å². The Hall–Kier alpha value is -3.69. The molecule has 3 aromatic rings. The molecule has 0 aliphatic carbocycles. The van der Waals surface area contributed by atoms with E-state index in [0.29, 0.717) is 5.56 Å². The molecule has 2 atom stereocenters. The van der Waals surface area contributed by atoms with Crippen molar-refractivity contribution in [1.82, 2.24) is 0 Å². The molecule has 0 aliphatic rings. The SMILES string of the molecule is CS(=O)(=O)Oc1ccc(C(C(=O)OCc2ccccc2)C(N)CC(=O)OCc2ccccc2)cc1. The first-order valence-corrected chi connectivity index (χ1v) is 12.7. The van der Waals surface area contributed by atoms with Gasteiger partial charge in [0.1, 0.15) is 19.0 Å². The Labute approximate surface area is 204 Å². The number of rotatable bonds is 11. The number of hydrogen-bond donors (Lipinski definition) is 1. The van der Waals surface area contributed by atoms with Gasteiger partial charge in [0.2, 0.25) is 0 Å². The van der Waals surface area contributed by atoms with Gasteiger partial charge in [0.15, 0.2) is 0 Å². The maximum Gasteiger partial charge on any atom is 0.315 e. The Balaban J connectivity index is 1.72. The second-order valence-corrected chi connectivity index (χ2v) is 9.52. The van der Waals surface area contributed by atoms with Crippen molar-refractivity contribution in [3.63, 3.8) is 0 Å². The molecule has 35 heavy (non-hydrogen) atoms. The van der Waals surface area contributed by atoms with Crippen LogP contribution in [0.2, 0.25) is 0 Å². The summed E-state index contributed by atoms with van der Waals surface area (Å²) in [6.07, 6.45) is 0.709. The van der Waals surface area contributed by atoms with Crippen LogP contribution in [-0.4, -0.2) is 32.7 Å². The molecule has 0 heterocycles. The molecule has 0 bridgehead atoms. The predicted octanol–water partition coefficient (Wildman–Crippen LogP) is 3.31. The Kier molecular flexibility index (Phi) is 8.99. The molecule has 0 saturated heterocycles. The zero-order chi connectivity index (χ0) is 25.3. The van der Waals surface area contributed by atoms with Crippen molar-refractivity contribution in [1.29, 1.82) is 0 Å². The summed E-state index contributed by atoms with van der Waals surface area (Å²) >= 11 is 0. The molecular formula is C26H27NO7S. The van der Waals surface area contributed by atoms with Crippen molar-refractivity contribution in [2.24, 2.45) is 5.73 Å². The Morgan fingerprint density at radius 1 is 0.800 bits per heavy atom. The van der Waals surface area contributed by atoms with E-state index >= 15 is 0 Å². The van der Waals surface area contributed by atoms with Crippen LogP contribution >= 0.6 is 0 Å². The first-order chi connectivity index (χ1) is 16.7. The molecule has 184 valence electrons. The van der Waals surface area contributed by atoms with Crippen LogP contribution in [0, 0.1) is 0 Å². The smallest absolute Gasteiger partial charge is 0.315 e. The lowest BCUT2D eigenvalue weighted by Crippen LogP contribution is -2.37. The van der Waals surface area contributed by atoms with Gasteiger partial charge in [-0.15, -0.1) is 0 Å². The van der Waals surface area contributed by atoms with Crippen molar-refractivity contribution >= 4 is 22.1 Å². The van der Waals surface area contributed by atoms with E-state index in [1.165, 1.54) is 24.3 Å². The average molecular weight is 498 g/mol. The molecule has 2 unspecified atom stereocenters. The van der Waals surface area contributed by atoms with Crippen molar-refractivity contribution in [3.05, 3.63) is 102 Å². The van der Waals surface area contributed by atoms with Crippen LogP contribution in [0.1, 0.15) is 29.0 Å². The lowest BCUT2D eigenvalue weighted by atomic mass is 9.90. The number of nitrogens with two attached hydrogens (primary N) is 1. The number of esters is 2. The average Bonchev–Trinajstić information content (AvgIpc) is 2.83. The summed E-state index contributed by atoms with van der Waals surface area (Å²) in [4.78, 5) is 25.5. The minimum Gasteiger partial charge on any atom is -0.461 e. The Morgan fingerprint density at radius 3 is 1.83 bits per heavy atom. The number of ether oxygens (including phenoxy) is 2. The molecule has 0 fully saturated rings. The van der Waals surface area contributed by atoms with Crippen molar-refractivity contribution < 1.29 is 31.7 Å². The van der Waals surface area contributed by atoms with E-state index in [9.17, 15) is 18.0 Å². The molecule has 0 radical (unpaired) electrons. The van der Waals surface area contributed by atoms with E-state index in [0.717, 1.165) is 17.4 Å². The normalized spacial score (nSPS) is 12.9. The van der Waals surface area contributed by atoms with Crippen molar-refractivity contribution in [2.45, 2.75) is 31.6 Å². The van der Waals surface area contributed by atoms with Crippen LogP contribution in [0.4, 0.5) is 0 Å². The second kappa shape index (κ2) is 12.1. The highest BCUT2D eigenvalue weighted by atomic mass is 32.2. The summed E-state index contributed by atoms with van der Waals surface area (Å²) in [7, 11) is -3.70. The van der Waals surface area contributed by atoms with E-state index in [2.05, 4.69) is 0 Å². The molecule has 3 aromatic carbocycles. The predicted molar refractivity (Wildman–Crippen MR) is 130 cm³/mol. The van der Waals surface area contributed by atoms with Gasteiger partial charge in [-0.05, 0) is 28.8 Å². The summed E-state index contributed by atoms with van der Waals surface area (Å²) < 4.78 is 38.4. The van der Waals surface area contributed by atoms with Gasteiger partial charge >= 0.3 is 22.1 Å². The van der Waals surface area contributed by atoms with Crippen molar-refractivity contribution in [3.8, 4) is 5.75 Å². The van der Waals surface area contributed by atoms with Crippen LogP contribution in [0.5, 0.6) is 5.75 Å². The third-order valence-electron chi connectivity index (χ3n) is 5.04. The first kappa shape index (κ1) is 25.9. The highest BCUT2D eigenvalue weighted by Gasteiger charge is 2.31.